The van der Waals surface area contributed by atoms with Gasteiger partial charge in [-0.3, -0.25) is 4.79 Å². The zero-order chi connectivity index (χ0) is 10.0. The molecule has 0 aromatic carbocycles. The van der Waals surface area contributed by atoms with Crippen LogP contribution in [0.3, 0.4) is 0 Å². The molecule has 0 atom stereocenters. The molecule has 2 fully saturated rings. The van der Waals surface area contributed by atoms with E-state index in [1.165, 1.54) is 6.42 Å². The van der Waals surface area contributed by atoms with E-state index < -0.39 is 0 Å². The Balaban J connectivity index is 2.07. The number of rotatable bonds is 0. The van der Waals surface area contributed by atoms with E-state index in [9.17, 15) is 4.79 Å². The van der Waals surface area contributed by atoms with Gasteiger partial charge in [-0.2, -0.15) is 0 Å². The molecule has 0 N–H and O–H groups in total. The lowest BCUT2D eigenvalue weighted by molar-refractivity contribution is -0.219. The van der Waals surface area contributed by atoms with Crippen LogP contribution in [0.2, 0.25) is 0 Å². The average Bonchev–Trinajstić information content (AvgIpc) is 2.36. The molecule has 1 saturated carbocycles. The molecule has 2 rings (SSSR count). The fraction of sp³-hybridized carbons (Fsp3) is 0.909. The molecule has 1 heterocycles. The molecule has 0 amide bonds. The molecule has 0 bridgehead atoms. The number of carbonyl (C=O) groups is 1. The molecule has 2 aliphatic rings. The molecule has 3 nitrogen and oxygen atoms in total. The standard InChI is InChI=1S/C11H18O3/c1-9-13-7-11(8-14-9)6-4-2-3-5-10(11)12/h9H,2-8H2,1H3. The van der Waals surface area contributed by atoms with E-state index in [1.807, 2.05) is 6.92 Å². The predicted octanol–water partition coefficient (Wildman–Crippen LogP) is 1.90. The van der Waals surface area contributed by atoms with Gasteiger partial charge >= 0.3 is 0 Å². The third-order valence-electron chi connectivity index (χ3n) is 3.34. The topological polar surface area (TPSA) is 35.5 Å². The van der Waals surface area contributed by atoms with Gasteiger partial charge in [0.05, 0.1) is 18.6 Å². The number of ether oxygens (including phenoxy) is 2. The monoisotopic (exact) mass is 198 g/mol. The number of Topliss-reactive ketones (excluding diaryl/α,β-unsaturated/α-hetero) is 1. The van der Waals surface area contributed by atoms with Crippen LogP contribution in [0, 0.1) is 5.41 Å². The van der Waals surface area contributed by atoms with Gasteiger partial charge in [0.1, 0.15) is 5.78 Å². The normalized spacial score (nSPS) is 39.8. The third-order valence-corrected chi connectivity index (χ3v) is 3.34. The Morgan fingerprint density at radius 1 is 1.21 bits per heavy atom. The molecule has 14 heavy (non-hydrogen) atoms. The Bertz CT molecular complexity index is 217. The highest BCUT2D eigenvalue weighted by molar-refractivity contribution is 5.85. The summed E-state index contributed by atoms with van der Waals surface area (Å²) in [7, 11) is 0. The molecule has 0 unspecified atom stereocenters. The highest BCUT2D eigenvalue weighted by Crippen LogP contribution is 2.35. The second-order valence-electron chi connectivity index (χ2n) is 4.45. The average molecular weight is 198 g/mol. The minimum absolute atomic E-state index is 0.142. The van der Waals surface area contributed by atoms with Gasteiger partial charge in [-0.05, 0) is 19.8 Å². The Kier molecular flexibility index (Phi) is 2.88. The number of carbonyl (C=O) groups excluding carboxylic acids is 1. The second-order valence-corrected chi connectivity index (χ2v) is 4.45. The summed E-state index contributed by atoms with van der Waals surface area (Å²) in [6.07, 6.45) is 4.85. The van der Waals surface area contributed by atoms with Crippen LogP contribution in [-0.2, 0) is 14.3 Å². The highest BCUT2D eigenvalue weighted by atomic mass is 16.7. The van der Waals surface area contributed by atoms with Crippen molar-refractivity contribution < 1.29 is 14.3 Å². The van der Waals surface area contributed by atoms with Crippen molar-refractivity contribution in [2.75, 3.05) is 13.2 Å². The Morgan fingerprint density at radius 3 is 2.64 bits per heavy atom. The highest BCUT2D eigenvalue weighted by Gasteiger charge is 2.42. The molecule has 0 aromatic rings. The summed E-state index contributed by atoms with van der Waals surface area (Å²) < 4.78 is 10.9. The quantitative estimate of drug-likeness (QED) is 0.596. The van der Waals surface area contributed by atoms with Crippen molar-refractivity contribution in [3.8, 4) is 0 Å². The van der Waals surface area contributed by atoms with Crippen molar-refractivity contribution in [3.05, 3.63) is 0 Å². The fourth-order valence-electron chi connectivity index (χ4n) is 2.28. The number of ketones is 1. The zero-order valence-electron chi connectivity index (χ0n) is 8.75. The lowest BCUT2D eigenvalue weighted by Crippen LogP contribution is -2.45. The zero-order valence-corrected chi connectivity index (χ0v) is 8.75. The third kappa shape index (κ3) is 1.84. The smallest absolute Gasteiger partial charge is 0.154 e. The van der Waals surface area contributed by atoms with E-state index >= 15 is 0 Å². The first-order valence-corrected chi connectivity index (χ1v) is 5.49. The second kappa shape index (κ2) is 3.99. The maximum Gasteiger partial charge on any atom is 0.154 e. The van der Waals surface area contributed by atoms with Gasteiger partial charge in [0.15, 0.2) is 6.29 Å². The summed E-state index contributed by atoms with van der Waals surface area (Å²) in [6, 6.07) is 0. The maximum absolute atomic E-state index is 11.9. The van der Waals surface area contributed by atoms with Gasteiger partial charge in [-0.1, -0.05) is 12.8 Å². The lowest BCUT2D eigenvalue weighted by atomic mass is 9.80. The van der Waals surface area contributed by atoms with Crippen molar-refractivity contribution >= 4 is 5.78 Å². The van der Waals surface area contributed by atoms with Crippen molar-refractivity contribution in [2.24, 2.45) is 5.41 Å². The van der Waals surface area contributed by atoms with E-state index in [1.54, 1.807) is 0 Å². The Labute approximate surface area is 84.8 Å². The summed E-state index contributed by atoms with van der Waals surface area (Å²) in [4.78, 5) is 11.9. The van der Waals surface area contributed by atoms with Crippen molar-refractivity contribution in [2.45, 2.75) is 45.3 Å². The van der Waals surface area contributed by atoms with Crippen LogP contribution in [-0.4, -0.2) is 25.3 Å². The van der Waals surface area contributed by atoms with Crippen molar-refractivity contribution in [1.29, 1.82) is 0 Å². The first kappa shape index (κ1) is 10.1. The number of hydrogen-bond donors (Lipinski definition) is 0. The van der Waals surface area contributed by atoms with Crippen LogP contribution in [0.25, 0.3) is 0 Å². The van der Waals surface area contributed by atoms with Gasteiger partial charge in [-0.25, -0.2) is 0 Å². The molecule has 80 valence electrons. The van der Waals surface area contributed by atoms with Crippen LogP contribution in [0.5, 0.6) is 0 Å². The molecular formula is C11H18O3. The van der Waals surface area contributed by atoms with Crippen LogP contribution in [0.4, 0.5) is 0 Å². The molecule has 0 radical (unpaired) electrons. The van der Waals surface area contributed by atoms with Gasteiger partial charge < -0.3 is 9.47 Å². The fourth-order valence-corrected chi connectivity index (χ4v) is 2.28. The minimum Gasteiger partial charge on any atom is -0.352 e. The van der Waals surface area contributed by atoms with Gasteiger partial charge in [0.2, 0.25) is 0 Å². The molecular weight excluding hydrogens is 180 g/mol. The minimum atomic E-state index is -0.303. The van der Waals surface area contributed by atoms with Gasteiger partial charge in [-0.15, -0.1) is 0 Å². The summed E-state index contributed by atoms with van der Waals surface area (Å²) in [6.45, 7) is 3.01. The molecule has 3 heteroatoms. The summed E-state index contributed by atoms with van der Waals surface area (Å²) in [5, 5.41) is 0. The van der Waals surface area contributed by atoms with E-state index in [4.69, 9.17) is 9.47 Å². The molecule has 0 aromatic heterocycles. The molecule has 1 aliphatic carbocycles. The van der Waals surface area contributed by atoms with E-state index in [0.29, 0.717) is 25.4 Å². The van der Waals surface area contributed by atoms with Crippen LogP contribution in [0.1, 0.15) is 39.0 Å². The Morgan fingerprint density at radius 2 is 1.93 bits per heavy atom. The lowest BCUT2D eigenvalue weighted by Gasteiger charge is -2.37. The molecule has 1 spiro atoms. The van der Waals surface area contributed by atoms with Gasteiger partial charge in [0, 0.05) is 6.42 Å². The summed E-state index contributed by atoms with van der Waals surface area (Å²) in [5.41, 5.74) is -0.303. The first-order chi connectivity index (χ1) is 6.73. The SMILES string of the molecule is CC1OCC2(CCCCCC2=O)CO1. The van der Waals surface area contributed by atoms with Crippen LogP contribution >= 0.6 is 0 Å². The largest absolute Gasteiger partial charge is 0.352 e. The van der Waals surface area contributed by atoms with Crippen molar-refractivity contribution in [1.82, 2.24) is 0 Å². The number of hydrogen-bond acceptors (Lipinski definition) is 3. The summed E-state index contributed by atoms with van der Waals surface area (Å²) in [5.74, 6) is 0.349. The van der Waals surface area contributed by atoms with E-state index in [2.05, 4.69) is 0 Å². The van der Waals surface area contributed by atoms with Crippen LogP contribution in [0.15, 0.2) is 0 Å². The first-order valence-electron chi connectivity index (χ1n) is 5.49. The molecule has 1 saturated heterocycles. The van der Waals surface area contributed by atoms with E-state index in [-0.39, 0.29) is 11.7 Å². The van der Waals surface area contributed by atoms with E-state index in [0.717, 1.165) is 19.3 Å². The van der Waals surface area contributed by atoms with Crippen molar-refractivity contribution in [3.63, 3.8) is 0 Å². The van der Waals surface area contributed by atoms with Crippen LogP contribution < -0.4 is 0 Å². The molecule has 1 aliphatic heterocycles. The maximum atomic E-state index is 11.9. The van der Waals surface area contributed by atoms with Gasteiger partial charge in [0.25, 0.3) is 0 Å². The Hall–Kier alpha value is -0.410. The predicted molar refractivity (Wildman–Crippen MR) is 51.9 cm³/mol. The summed E-state index contributed by atoms with van der Waals surface area (Å²) >= 11 is 0.